The molecule has 2 rings (SSSR count). The predicted molar refractivity (Wildman–Crippen MR) is 86.0 cm³/mol. The van der Waals surface area contributed by atoms with Crippen molar-refractivity contribution in [2.45, 2.75) is 6.04 Å². The van der Waals surface area contributed by atoms with Gasteiger partial charge in [-0.15, -0.1) is 0 Å². The van der Waals surface area contributed by atoms with Crippen LogP contribution in [-0.4, -0.2) is 43.7 Å². The molecular weight excluding hydrogens is 342 g/mol. The van der Waals surface area contributed by atoms with Gasteiger partial charge in [-0.2, -0.15) is 0 Å². The van der Waals surface area contributed by atoms with Gasteiger partial charge < -0.3 is 20.7 Å². The van der Waals surface area contributed by atoms with Crippen LogP contribution in [0.15, 0.2) is 22.7 Å². The Bertz CT molecular complexity index is 538. The van der Waals surface area contributed by atoms with Crippen LogP contribution < -0.4 is 16.0 Å². The smallest absolute Gasteiger partial charge is 0.244 e. The van der Waals surface area contributed by atoms with Crippen LogP contribution in [0.25, 0.3) is 0 Å². The monoisotopic (exact) mass is 357 g/mol. The molecule has 1 fully saturated rings. The van der Waals surface area contributed by atoms with Gasteiger partial charge in [0.25, 0.3) is 0 Å². The summed E-state index contributed by atoms with van der Waals surface area (Å²) in [5.74, 6) is -0.0602. The number of halogens is 1. The molecule has 1 aromatic rings. The number of carbonyl (C=O) groups is 1. The molecule has 1 saturated heterocycles. The third-order valence-corrected chi connectivity index (χ3v) is 4.09. The van der Waals surface area contributed by atoms with Crippen molar-refractivity contribution < 1.29 is 9.53 Å². The second-order valence-electron chi connectivity index (χ2n) is 4.43. The molecule has 0 aromatic heterocycles. The van der Waals surface area contributed by atoms with Crippen LogP contribution in [-0.2, 0) is 9.53 Å². The van der Waals surface area contributed by atoms with Crippen LogP contribution >= 0.6 is 28.1 Å². The van der Waals surface area contributed by atoms with E-state index in [-0.39, 0.29) is 11.9 Å². The molecule has 0 saturated carbocycles. The zero-order valence-electron chi connectivity index (χ0n) is 11.1. The van der Waals surface area contributed by atoms with Crippen molar-refractivity contribution in [1.29, 1.82) is 0 Å². The minimum Gasteiger partial charge on any atom is -0.389 e. The fourth-order valence-corrected chi connectivity index (χ4v) is 2.90. The summed E-state index contributed by atoms with van der Waals surface area (Å²) in [6.07, 6.45) is 0. The lowest BCUT2D eigenvalue weighted by atomic mass is 10.1. The molecule has 7 heteroatoms. The summed E-state index contributed by atoms with van der Waals surface area (Å²) in [4.78, 5) is 14.3. The van der Waals surface area contributed by atoms with E-state index < -0.39 is 0 Å². The zero-order valence-corrected chi connectivity index (χ0v) is 13.5. The highest BCUT2D eigenvalue weighted by Gasteiger charge is 2.30. The van der Waals surface area contributed by atoms with Gasteiger partial charge in [0.1, 0.15) is 11.0 Å². The number of anilines is 1. The number of benzene rings is 1. The summed E-state index contributed by atoms with van der Waals surface area (Å²) < 4.78 is 6.26. The van der Waals surface area contributed by atoms with Crippen molar-refractivity contribution in [2.24, 2.45) is 5.73 Å². The van der Waals surface area contributed by atoms with Gasteiger partial charge in [-0.25, -0.2) is 0 Å². The first kappa shape index (κ1) is 15.2. The molecule has 0 spiro atoms. The van der Waals surface area contributed by atoms with Gasteiger partial charge in [0, 0.05) is 23.6 Å². The molecule has 1 unspecified atom stereocenters. The summed E-state index contributed by atoms with van der Waals surface area (Å²) in [5, 5.41) is 2.67. The second kappa shape index (κ2) is 6.51. The third kappa shape index (κ3) is 3.11. The van der Waals surface area contributed by atoms with Gasteiger partial charge in [-0.05, 0) is 34.1 Å². The number of carbonyl (C=O) groups excluding carboxylic acids is 1. The van der Waals surface area contributed by atoms with E-state index in [0.717, 1.165) is 15.7 Å². The summed E-state index contributed by atoms with van der Waals surface area (Å²) in [6, 6.07) is 5.31. The Morgan fingerprint density at radius 3 is 2.95 bits per heavy atom. The minimum absolute atomic E-state index is 0.0602. The fourth-order valence-electron chi connectivity index (χ4n) is 2.17. The molecule has 0 radical (unpaired) electrons. The topological polar surface area (TPSA) is 67.6 Å². The Labute approximate surface area is 131 Å². The average Bonchev–Trinajstić information content (AvgIpc) is 2.46. The Morgan fingerprint density at radius 1 is 1.60 bits per heavy atom. The average molecular weight is 358 g/mol. The standard InChI is InChI=1S/C13H16BrN3O2S/c1-16-13(18)11-7-19-5-4-17(11)10-3-2-8(12(15)20)6-9(10)14/h2-3,6,11H,4-5,7H2,1H3,(H2,15,20)(H,16,18). The van der Waals surface area contributed by atoms with E-state index in [1.165, 1.54) is 0 Å². The van der Waals surface area contributed by atoms with Crippen LogP contribution in [0.4, 0.5) is 5.69 Å². The van der Waals surface area contributed by atoms with Gasteiger partial charge in [0.15, 0.2) is 0 Å². The molecule has 1 heterocycles. The van der Waals surface area contributed by atoms with Crippen LogP contribution in [0.2, 0.25) is 0 Å². The quantitative estimate of drug-likeness (QED) is 0.791. The van der Waals surface area contributed by atoms with Gasteiger partial charge in [0.2, 0.25) is 5.91 Å². The maximum Gasteiger partial charge on any atom is 0.244 e. The lowest BCUT2D eigenvalue weighted by molar-refractivity contribution is -0.124. The Kier molecular flexibility index (Phi) is 4.95. The molecule has 1 amide bonds. The molecule has 3 N–H and O–H groups in total. The van der Waals surface area contributed by atoms with E-state index in [0.29, 0.717) is 24.7 Å². The van der Waals surface area contributed by atoms with E-state index in [4.69, 9.17) is 22.7 Å². The molecule has 1 aliphatic rings. The number of hydrogen-bond acceptors (Lipinski definition) is 4. The fraction of sp³-hybridized carbons (Fsp3) is 0.385. The van der Waals surface area contributed by atoms with Crippen LogP contribution in [0.5, 0.6) is 0 Å². The van der Waals surface area contributed by atoms with Crippen molar-refractivity contribution in [3.8, 4) is 0 Å². The van der Waals surface area contributed by atoms with E-state index >= 15 is 0 Å². The molecule has 108 valence electrons. The molecule has 0 aliphatic carbocycles. The first-order valence-corrected chi connectivity index (χ1v) is 7.40. The number of nitrogens with one attached hydrogen (secondary N) is 1. The third-order valence-electron chi connectivity index (χ3n) is 3.22. The van der Waals surface area contributed by atoms with Gasteiger partial charge in [-0.1, -0.05) is 12.2 Å². The second-order valence-corrected chi connectivity index (χ2v) is 5.72. The lowest BCUT2D eigenvalue weighted by Crippen LogP contribution is -2.53. The van der Waals surface area contributed by atoms with Crippen LogP contribution in [0.3, 0.4) is 0 Å². The van der Waals surface area contributed by atoms with Gasteiger partial charge in [0.05, 0.1) is 18.9 Å². The number of likely N-dealkylation sites (N-methyl/N-ethyl adjacent to an activating group) is 1. The maximum absolute atomic E-state index is 11.9. The van der Waals surface area contributed by atoms with Crippen molar-refractivity contribution in [3.05, 3.63) is 28.2 Å². The van der Waals surface area contributed by atoms with Gasteiger partial charge in [-0.3, -0.25) is 4.79 Å². The number of amides is 1. The highest BCUT2D eigenvalue weighted by atomic mass is 79.9. The maximum atomic E-state index is 11.9. The molecule has 1 aromatic carbocycles. The molecule has 5 nitrogen and oxygen atoms in total. The van der Waals surface area contributed by atoms with E-state index in [1.807, 2.05) is 23.1 Å². The Morgan fingerprint density at radius 2 is 2.35 bits per heavy atom. The van der Waals surface area contributed by atoms with Crippen molar-refractivity contribution in [2.75, 3.05) is 31.7 Å². The highest BCUT2D eigenvalue weighted by Crippen LogP contribution is 2.30. The van der Waals surface area contributed by atoms with E-state index in [1.54, 1.807) is 7.05 Å². The number of thiocarbonyl (C=S) groups is 1. The molecular formula is C13H16BrN3O2S. The summed E-state index contributed by atoms with van der Waals surface area (Å²) in [7, 11) is 1.63. The first-order valence-electron chi connectivity index (χ1n) is 6.20. The first-order chi connectivity index (χ1) is 9.54. The van der Waals surface area contributed by atoms with Crippen molar-refractivity contribution in [1.82, 2.24) is 5.32 Å². The van der Waals surface area contributed by atoms with E-state index in [2.05, 4.69) is 21.2 Å². The van der Waals surface area contributed by atoms with Crippen molar-refractivity contribution >= 4 is 44.7 Å². The Balaban J connectivity index is 2.32. The zero-order chi connectivity index (χ0) is 14.7. The number of ether oxygens (including phenoxy) is 1. The normalized spacial score (nSPS) is 18.7. The SMILES string of the molecule is CNC(=O)C1COCCN1c1ccc(C(N)=S)cc1Br. The largest absolute Gasteiger partial charge is 0.389 e. The summed E-state index contributed by atoms with van der Waals surface area (Å²) >= 11 is 8.48. The predicted octanol–water partition coefficient (Wildman–Crippen LogP) is 1.03. The molecule has 0 bridgehead atoms. The minimum atomic E-state index is -0.333. The van der Waals surface area contributed by atoms with Crippen molar-refractivity contribution in [3.63, 3.8) is 0 Å². The molecule has 20 heavy (non-hydrogen) atoms. The summed E-state index contributed by atoms with van der Waals surface area (Å²) in [5.41, 5.74) is 7.35. The highest BCUT2D eigenvalue weighted by molar-refractivity contribution is 9.10. The van der Waals surface area contributed by atoms with Gasteiger partial charge >= 0.3 is 0 Å². The van der Waals surface area contributed by atoms with E-state index in [9.17, 15) is 4.79 Å². The number of nitrogens with two attached hydrogens (primary N) is 1. The molecule has 1 atom stereocenters. The lowest BCUT2D eigenvalue weighted by Gasteiger charge is -2.36. The molecule has 1 aliphatic heterocycles. The summed E-state index contributed by atoms with van der Waals surface area (Å²) in [6.45, 7) is 1.63. The number of hydrogen-bond donors (Lipinski definition) is 2. The number of nitrogens with zero attached hydrogens (tertiary/aromatic N) is 1. The Hall–Kier alpha value is -1.18. The number of rotatable bonds is 3. The van der Waals surface area contributed by atoms with Crippen LogP contribution in [0.1, 0.15) is 5.56 Å². The van der Waals surface area contributed by atoms with Crippen LogP contribution in [0, 0.1) is 0 Å². The number of morpholine rings is 1.